The zero-order valence-electron chi connectivity index (χ0n) is 14.9. The van der Waals surface area contributed by atoms with Crippen molar-refractivity contribution in [2.45, 2.75) is 25.0 Å². The van der Waals surface area contributed by atoms with Gasteiger partial charge in [-0.2, -0.15) is 5.10 Å². The fourth-order valence-electron chi connectivity index (χ4n) is 3.64. The fourth-order valence-corrected chi connectivity index (χ4v) is 3.64. The molecule has 3 aromatic rings. The van der Waals surface area contributed by atoms with Gasteiger partial charge in [0.25, 0.3) is 0 Å². The van der Waals surface area contributed by atoms with Crippen LogP contribution in [0.2, 0.25) is 0 Å². The van der Waals surface area contributed by atoms with Crippen LogP contribution in [0.5, 0.6) is 0 Å². The second-order valence-corrected chi connectivity index (χ2v) is 6.64. The number of pyridine rings is 1. The van der Waals surface area contributed by atoms with E-state index in [1.165, 1.54) is 0 Å². The average molecular weight is 352 g/mol. The average Bonchev–Trinajstić information content (AvgIpc) is 3.35. The van der Waals surface area contributed by atoms with Crippen LogP contribution in [-0.4, -0.2) is 37.9 Å². The van der Waals surface area contributed by atoms with E-state index >= 15 is 0 Å². The van der Waals surface area contributed by atoms with Crippen LogP contribution in [0.1, 0.15) is 42.2 Å². The highest BCUT2D eigenvalue weighted by Crippen LogP contribution is 2.33. The summed E-state index contributed by atoms with van der Waals surface area (Å²) in [6.07, 6.45) is 9.52. The normalized spacial score (nSPS) is 21.6. The van der Waals surface area contributed by atoms with Crippen LogP contribution in [0.3, 0.4) is 0 Å². The maximum atomic E-state index is 6.10. The maximum Gasteiger partial charge on any atom is 0.129 e. The van der Waals surface area contributed by atoms with Gasteiger partial charge in [-0.1, -0.05) is 6.07 Å². The van der Waals surface area contributed by atoms with E-state index < -0.39 is 0 Å². The Balaban J connectivity index is 1.52. The summed E-state index contributed by atoms with van der Waals surface area (Å²) in [5.41, 5.74) is 2.08. The topological polar surface area (TPSA) is 80.7 Å². The number of nitrogens with zero attached hydrogens (tertiary/aromatic N) is 4. The quantitative estimate of drug-likeness (QED) is 0.712. The molecule has 0 amide bonds. The van der Waals surface area contributed by atoms with Gasteiger partial charge in [-0.15, -0.1) is 0 Å². The molecule has 0 saturated carbocycles. The van der Waals surface area contributed by atoms with Crippen molar-refractivity contribution in [3.8, 4) is 0 Å². The van der Waals surface area contributed by atoms with Gasteiger partial charge in [-0.05, 0) is 31.0 Å². The molecule has 136 valence electrons. The van der Waals surface area contributed by atoms with Crippen LogP contribution in [0.4, 0.5) is 0 Å². The second-order valence-electron chi connectivity index (χ2n) is 6.64. The molecule has 4 heterocycles. The number of aromatic nitrogens is 5. The van der Waals surface area contributed by atoms with Crippen LogP contribution in [0.15, 0.2) is 49.1 Å². The lowest BCUT2D eigenvalue weighted by molar-refractivity contribution is -0.0327. The van der Waals surface area contributed by atoms with Crippen molar-refractivity contribution >= 4 is 0 Å². The molecule has 1 aliphatic rings. The van der Waals surface area contributed by atoms with Crippen LogP contribution in [0.25, 0.3) is 0 Å². The van der Waals surface area contributed by atoms with Crippen molar-refractivity contribution in [3.63, 3.8) is 0 Å². The third-order valence-electron chi connectivity index (χ3n) is 4.96. The molecule has 1 saturated heterocycles. The molecule has 1 unspecified atom stereocenters. The van der Waals surface area contributed by atoms with Gasteiger partial charge in [0.15, 0.2) is 0 Å². The molecule has 0 aliphatic carbocycles. The van der Waals surface area contributed by atoms with Gasteiger partial charge in [0.05, 0.1) is 11.4 Å². The number of rotatable bonds is 6. The summed E-state index contributed by atoms with van der Waals surface area (Å²) >= 11 is 0. The molecule has 7 heteroatoms. The summed E-state index contributed by atoms with van der Waals surface area (Å²) in [5, 5.41) is 7.95. The van der Waals surface area contributed by atoms with E-state index in [-0.39, 0.29) is 12.1 Å². The molecule has 3 aromatic heterocycles. The first-order chi connectivity index (χ1) is 12.8. The summed E-state index contributed by atoms with van der Waals surface area (Å²) in [7, 11) is 1.97. The Kier molecular flexibility index (Phi) is 5.08. The molecular weight excluding hydrogens is 328 g/mol. The smallest absolute Gasteiger partial charge is 0.129 e. The van der Waals surface area contributed by atoms with Gasteiger partial charge in [0.1, 0.15) is 18.0 Å². The lowest BCUT2D eigenvalue weighted by Gasteiger charge is -2.33. The van der Waals surface area contributed by atoms with Crippen LogP contribution >= 0.6 is 0 Å². The number of aromatic amines is 1. The van der Waals surface area contributed by atoms with E-state index in [1.54, 1.807) is 6.20 Å². The third kappa shape index (κ3) is 3.54. The van der Waals surface area contributed by atoms with Gasteiger partial charge in [-0.3, -0.25) is 9.67 Å². The van der Waals surface area contributed by atoms with Crippen molar-refractivity contribution in [3.05, 3.63) is 66.3 Å². The monoisotopic (exact) mass is 352 g/mol. The standard InChI is InChI=1S/C19H24N6O/c1-25-16(7-9-24-25)18-14(5-4-12-26-18)13-23-17(19-21-10-11-22-19)15-6-2-3-8-20-15/h2-3,6-11,14,17-18,23H,4-5,12-13H2,1H3,(H,21,22)/t14-,17?,18+/m0/s1. The Morgan fingerprint density at radius 1 is 1.27 bits per heavy atom. The Hall–Kier alpha value is -2.51. The van der Waals surface area contributed by atoms with E-state index in [0.29, 0.717) is 5.92 Å². The first kappa shape index (κ1) is 16.9. The van der Waals surface area contributed by atoms with Crippen molar-refractivity contribution in [1.29, 1.82) is 0 Å². The highest BCUT2D eigenvalue weighted by Gasteiger charge is 2.30. The van der Waals surface area contributed by atoms with E-state index in [0.717, 1.165) is 43.2 Å². The molecule has 3 atom stereocenters. The summed E-state index contributed by atoms with van der Waals surface area (Å²) in [5.74, 6) is 1.25. The molecular formula is C19H24N6O. The predicted octanol–water partition coefficient (Wildman–Crippen LogP) is 2.39. The Morgan fingerprint density at radius 3 is 2.96 bits per heavy atom. The van der Waals surface area contributed by atoms with Crippen molar-refractivity contribution < 1.29 is 4.74 Å². The zero-order chi connectivity index (χ0) is 17.8. The summed E-state index contributed by atoms with van der Waals surface area (Å²) in [6, 6.07) is 7.93. The van der Waals surface area contributed by atoms with Gasteiger partial charge in [0, 0.05) is 50.9 Å². The summed E-state index contributed by atoms with van der Waals surface area (Å²) in [4.78, 5) is 12.2. The predicted molar refractivity (Wildman–Crippen MR) is 97.3 cm³/mol. The minimum absolute atomic E-state index is 0.0599. The third-order valence-corrected chi connectivity index (χ3v) is 4.96. The molecule has 26 heavy (non-hydrogen) atoms. The SMILES string of the molecule is Cn1nccc1[C@@H]1OCCC[C@H]1CNC(c1ccccn1)c1ncc[nH]1. The molecule has 1 aliphatic heterocycles. The first-order valence-corrected chi connectivity index (χ1v) is 9.06. The number of nitrogens with one attached hydrogen (secondary N) is 2. The fraction of sp³-hybridized carbons (Fsp3) is 0.421. The number of hydrogen-bond acceptors (Lipinski definition) is 5. The van der Waals surface area contributed by atoms with Gasteiger partial charge in [-0.25, -0.2) is 4.98 Å². The largest absolute Gasteiger partial charge is 0.372 e. The molecule has 0 spiro atoms. The van der Waals surface area contributed by atoms with Crippen LogP contribution < -0.4 is 5.32 Å². The summed E-state index contributed by atoms with van der Waals surface area (Å²) in [6.45, 7) is 1.62. The molecule has 7 nitrogen and oxygen atoms in total. The number of imidazole rings is 1. The molecule has 0 aromatic carbocycles. The van der Waals surface area contributed by atoms with Crippen LogP contribution in [0, 0.1) is 5.92 Å². The van der Waals surface area contributed by atoms with Crippen molar-refractivity contribution in [2.75, 3.05) is 13.2 Å². The highest BCUT2D eigenvalue weighted by molar-refractivity contribution is 5.17. The molecule has 1 fully saturated rings. The van der Waals surface area contributed by atoms with Gasteiger partial charge < -0.3 is 15.0 Å². The van der Waals surface area contributed by atoms with E-state index in [9.17, 15) is 0 Å². The van der Waals surface area contributed by atoms with Crippen molar-refractivity contribution in [1.82, 2.24) is 30.0 Å². The molecule has 2 N–H and O–H groups in total. The Labute approximate surface area is 152 Å². The van der Waals surface area contributed by atoms with E-state index in [4.69, 9.17) is 4.74 Å². The minimum Gasteiger partial charge on any atom is -0.372 e. The van der Waals surface area contributed by atoms with Crippen LogP contribution in [-0.2, 0) is 11.8 Å². The second kappa shape index (κ2) is 7.80. The van der Waals surface area contributed by atoms with Gasteiger partial charge >= 0.3 is 0 Å². The molecule has 0 radical (unpaired) electrons. The molecule has 0 bridgehead atoms. The number of hydrogen-bond donors (Lipinski definition) is 2. The number of ether oxygens (including phenoxy) is 1. The lowest BCUT2D eigenvalue weighted by atomic mass is 9.91. The Morgan fingerprint density at radius 2 is 2.23 bits per heavy atom. The highest BCUT2D eigenvalue weighted by atomic mass is 16.5. The van der Waals surface area contributed by atoms with E-state index in [2.05, 4.69) is 25.4 Å². The minimum atomic E-state index is -0.0692. The van der Waals surface area contributed by atoms with Gasteiger partial charge in [0.2, 0.25) is 0 Å². The Bertz CT molecular complexity index is 801. The first-order valence-electron chi connectivity index (χ1n) is 9.06. The lowest BCUT2D eigenvalue weighted by Crippen LogP contribution is -2.35. The van der Waals surface area contributed by atoms with E-state index in [1.807, 2.05) is 54.6 Å². The maximum absolute atomic E-state index is 6.10. The summed E-state index contributed by atoms with van der Waals surface area (Å²) < 4.78 is 8.01. The number of aryl methyl sites for hydroxylation is 1. The number of H-pyrrole nitrogens is 1. The zero-order valence-corrected chi connectivity index (χ0v) is 14.9. The van der Waals surface area contributed by atoms with Crippen molar-refractivity contribution in [2.24, 2.45) is 13.0 Å². The molecule has 4 rings (SSSR count).